The highest BCUT2D eigenvalue weighted by atomic mass is 16.5. The molecule has 0 aromatic rings. The third-order valence-electron chi connectivity index (χ3n) is 2.77. The van der Waals surface area contributed by atoms with Gasteiger partial charge in [-0.05, 0) is 12.8 Å². The van der Waals surface area contributed by atoms with Crippen LogP contribution in [0, 0.1) is 5.92 Å². The highest BCUT2D eigenvalue weighted by Gasteiger charge is 2.30. The van der Waals surface area contributed by atoms with Gasteiger partial charge in [-0.2, -0.15) is 0 Å². The Hall–Kier alpha value is -0.900. The van der Waals surface area contributed by atoms with Crippen LogP contribution >= 0.6 is 0 Å². The number of Topliss-reactive ketones (excluding diaryl/α,β-unsaturated/α-hetero) is 1. The predicted octanol–water partition coefficient (Wildman–Crippen LogP) is 0.636. The molecule has 0 saturated heterocycles. The van der Waals surface area contributed by atoms with Gasteiger partial charge in [0.2, 0.25) is 0 Å². The Morgan fingerprint density at radius 2 is 1.86 bits per heavy atom. The molecule has 1 saturated carbocycles. The number of hydrogen-bond donors (Lipinski definition) is 1. The number of esters is 1. The van der Waals surface area contributed by atoms with Gasteiger partial charge in [0.05, 0.1) is 7.11 Å². The summed E-state index contributed by atoms with van der Waals surface area (Å²) in [5.74, 6) is -0.810. The normalized spacial score (nSPS) is 20.1. The minimum atomic E-state index is -1.08. The smallest absolute Gasteiger partial charge is 0.330 e. The standard InChI is InChI=1S/C10H17NO3/c1-14-10(13)8(11)9(12)7-5-3-2-4-6-7/h7-8H,2-6,11H2,1H3/t8-/m0/s1. The molecule has 0 bridgehead atoms. The van der Waals surface area contributed by atoms with Crippen molar-refractivity contribution < 1.29 is 14.3 Å². The van der Waals surface area contributed by atoms with Crippen molar-refractivity contribution in [3.63, 3.8) is 0 Å². The van der Waals surface area contributed by atoms with E-state index in [-0.39, 0.29) is 11.7 Å². The van der Waals surface area contributed by atoms with Crippen LogP contribution in [0.2, 0.25) is 0 Å². The SMILES string of the molecule is COC(=O)[C@@H](N)C(=O)C1CCCCC1. The fourth-order valence-electron chi connectivity index (χ4n) is 1.88. The molecule has 1 rings (SSSR count). The summed E-state index contributed by atoms with van der Waals surface area (Å²) in [5, 5.41) is 0. The zero-order chi connectivity index (χ0) is 10.6. The van der Waals surface area contributed by atoms with E-state index in [1.54, 1.807) is 0 Å². The van der Waals surface area contributed by atoms with Crippen LogP contribution in [0.4, 0.5) is 0 Å². The van der Waals surface area contributed by atoms with Crippen LogP contribution in [0.5, 0.6) is 0 Å². The number of hydrogen-bond acceptors (Lipinski definition) is 4. The van der Waals surface area contributed by atoms with Crippen LogP contribution in [0.25, 0.3) is 0 Å². The summed E-state index contributed by atoms with van der Waals surface area (Å²) < 4.78 is 4.44. The van der Waals surface area contributed by atoms with Crippen molar-refractivity contribution in [1.82, 2.24) is 0 Å². The van der Waals surface area contributed by atoms with E-state index >= 15 is 0 Å². The predicted molar refractivity (Wildman–Crippen MR) is 51.6 cm³/mol. The Bertz CT molecular complexity index is 221. The number of ketones is 1. The van der Waals surface area contributed by atoms with Gasteiger partial charge in [-0.1, -0.05) is 19.3 Å². The molecular weight excluding hydrogens is 182 g/mol. The Balaban J connectivity index is 2.50. The van der Waals surface area contributed by atoms with Crippen LogP contribution in [0.1, 0.15) is 32.1 Å². The molecule has 80 valence electrons. The Morgan fingerprint density at radius 1 is 1.29 bits per heavy atom. The maximum atomic E-state index is 11.7. The highest BCUT2D eigenvalue weighted by Crippen LogP contribution is 2.25. The summed E-state index contributed by atoms with van der Waals surface area (Å²) in [6.45, 7) is 0. The molecule has 0 aromatic heterocycles. The zero-order valence-corrected chi connectivity index (χ0v) is 8.49. The van der Waals surface area contributed by atoms with Crippen molar-refractivity contribution in [2.45, 2.75) is 38.1 Å². The maximum Gasteiger partial charge on any atom is 0.330 e. The summed E-state index contributed by atoms with van der Waals surface area (Å²) in [6, 6.07) is -1.08. The molecule has 0 aromatic carbocycles. The first-order valence-electron chi connectivity index (χ1n) is 5.04. The second-order valence-corrected chi connectivity index (χ2v) is 3.74. The van der Waals surface area contributed by atoms with E-state index in [1.165, 1.54) is 13.5 Å². The molecule has 0 spiro atoms. The molecule has 0 heterocycles. The molecular formula is C10H17NO3. The van der Waals surface area contributed by atoms with Gasteiger partial charge in [0.1, 0.15) is 0 Å². The lowest BCUT2D eigenvalue weighted by Gasteiger charge is -2.22. The van der Waals surface area contributed by atoms with E-state index in [1.807, 2.05) is 0 Å². The number of carbonyl (C=O) groups excluding carboxylic acids is 2. The molecule has 0 radical (unpaired) electrons. The van der Waals surface area contributed by atoms with E-state index in [2.05, 4.69) is 4.74 Å². The topological polar surface area (TPSA) is 69.4 Å². The lowest BCUT2D eigenvalue weighted by molar-refractivity contribution is -0.146. The van der Waals surface area contributed by atoms with Crippen molar-refractivity contribution in [2.75, 3.05) is 7.11 Å². The zero-order valence-electron chi connectivity index (χ0n) is 8.49. The minimum Gasteiger partial charge on any atom is -0.468 e. The van der Waals surface area contributed by atoms with E-state index in [9.17, 15) is 9.59 Å². The third kappa shape index (κ3) is 2.54. The van der Waals surface area contributed by atoms with Crippen LogP contribution in [-0.2, 0) is 14.3 Å². The molecule has 1 fully saturated rings. The molecule has 4 nitrogen and oxygen atoms in total. The van der Waals surface area contributed by atoms with Crippen LogP contribution in [-0.4, -0.2) is 24.9 Å². The van der Waals surface area contributed by atoms with Gasteiger partial charge >= 0.3 is 5.97 Å². The summed E-state index contributed by atoms with van der Waals surface area (Å²) >= 11 is 0. The second-order valence-electron chi connectivity index (χ2n) is 3.74. The Morgan fingerprint density at radius 3 is 2.36 bits per heavy atom. The largest absolute Gasteiger partial charge is 0.468 e. The first-order valence-corrected chi connectivity index (χ1v) is 5.04. The van der Waals surface area contributed by atoms with E-state index in [0.29, 0.717) is 0 Å². The average Bonchev–Trinajstić information content (AvgIpc) is 2.27. The monoisotopic (exact) mass is 199 g/mol. The van der Waals surface area contributed by atoms with E-state index < -0.39 is 12.0 Å². The number of ether oxygens (including phenoxy) is 1. The van der Waals surface area contributed by atoms with Crippen LogP contribution < -0.4 is 5.73 Å². The fraction of sp³-hybridized carbons (Fsp3) is 0.800. The van der Waals surface area contributed by atoms with Crippen molar-refractivity contribution in [2.24, 2.45) is 11.7 Å². The van der Waals surface area contributed by atoms with Gasteiger partial charge in [-0.25, -0.2) is 4.79 Å². The van der Waals surface area contributed by atoms with Crippen LogP contribution in [0.3, 0.4) is 0 Å². The third-order valence-corrected chi connectivity index (χ3v) is 2.77. The lowest BCUT2D eigenvalue weighted by Crippen LogP contribution is -2.43. The molecule has 4 heteroatoms. The van der Waals surface area contributed by atoms with Gasteiger partial charge in [0, 0.05) is 5.92 Å². The van der Waals surface area contributed by atoms with Crippen molar-refractivity contribution in [1.29, 1.82) is 0 Å². The molecule has 1 aliphatic carbocycles. The average molecular weight is 199 g/mol. The summed E-state index contributed by atoms with van der Waals surface area (Å²) in [4.78, 5) is 22.7. The second kappa shape index (κ2) is 5.10. The molecule has 1 aliphatic rings. The van der Waals surface area contributed by atoms with Crippen molar-refractivity contribution in [3.8, 4) is 0 Å². The fourth-order valence-corrected chi connectivity index (χ4v) is 1.88. The Labute approximate surface area is 83.8 Å². The van der Waals surface area contributed by atoms with E-state index in [4.69, 9.17) is 5.73 Å². The first-order chi connectivity index (χ1) is 6.66. The number of rotatable bonds is 3. The van der Waals surface area contributed by atoms with Crippen LogP contribution in [0.15, 0.2) is 0 Å². The molecule has 0 unspecified atom stereocenters. The first kappa shape index (κ1) is 11.2. The van der Waals surface area contributed by atoms with Gasteiger partial charge in [0.15, 0.2) is 11.8 Å². The van der Waals surface area contributed by atoms with Gasteiger partial charge in [-0.3, -0.25) is 4.79 Å². The van der Waals surface area contributed by atoms with Gasteiger partial charge < -0.3 is 10.5 Å². The van der Waals surface area contributed by atoms with Gasteiger partial charge in [0.25, 0.3) is 0 Å². The number of carbonyl (C=O) groups is 2. The van der Waals surface area contributed by atoms with E-state index in [0.717, 1.165) is 25.7 Å². The Kier molecular flexibility index (Phi) is 4.07. The minimum absolute atomic E-state index is 0.0298. The molecule has 14 heavy (non-hydrogen) atoms. The molecule has 1 atom stereocenters. The molecule has 0 amide bonds. The number of methoxy groups -OCH3 is 1. The summed E-state index contributed by atoms with van der Waals surface area (Å²) in [6.07, 6.45) is 5.03. The van der Waals surface area contributed by atoms with Crippen molar-refractivity contribution >= 4 is 11.8 Å². The quantitative estimate of drug-likeness (QED) is 0.535. The highest BCUT2D eigenvalue weighted by molar-refractivity contribution is 6.03. The number of nitrogens with two attached hydrogens (primary N) is 1. The maximum absolute atomic E-state index is 11.7. The van der Waals surface area contributed by atoms with Crippen molar-refractivity contribution in [3.05, 3.63) is 0 Å². The summed E-state index contributed by atoms with van der Waals surface area (Å²) in [5.41, 5.74) is 5.48. The molecule has 0 aliphatic heterocycles. The van der Waals surface area contributed by atoms with Gasteiger partial charge in [-0.15, -0.1) is 0 Å². The lowest BCUT2D eigenvalue weighted by atomic mass is 9.84. The molecule has 2 N–H and O–H groups in total. The summed E-state index contributed by atoms with van der Waals surface area (Å²) in [7, 11) is 1.25.